The van der Waals surface area contributed by atoms with Crippen molar-refractivity contribution in [2.24, 2.45) is 0 Å². The number of hydrogen-bond acceptors (Lipinski definition) is 3. The number of hydrogen-bond donors (Lipinski definition) is 1. The Kier molecular flexibility index (Phi) is 5.83. The molecule has 0 spiro atoms. The van der Waals surface area contributed by atoms with Gasteiger partial charge in [0.1, 0.15) is 0 Å². The Morgan fingerprint density at radius 1 is 1.42 bits per heavy atom. The highest BCUT2D eigenvalue weighted by Gasteiger charge is 2.30. The normalized spacial score (nSPS) is 13.8. The van der Waals surface area contributed by atoms with E-state index >= 15 is 0 Å². The molecule has 1 heterocycles. The maximum absolute atomic E-state index is 6.38. The third-order valence-corrected chi connectivity index (χ3v) is 4.16. The number of aromatic nitrogens is 2. The first kappa shape index (κ1) is 16.5. The lowest BCUT2D eigenvalue weighted by atomic mass is 9.94. The lowest BCUT2D eigenvalue weighted by Crippen LogP contribution is -2.49. The predicted molar refractivity (Wildman–Crippen MR) is 79.9 cm³/mol. The van der Waals surface area contributed by atoms with Crippen molar-refractivity contribution < 1.29 is 4.74 Å². The van der Waals surface area contributed by atoms with Crippen LogP contribution in [-0.4, -0.2) is 35.1 Å². The average molecular weight is 288 g/mol. The fourth-order valence-corrected chi connectivity index (χ4v) is 2.42. The van der Waals surface area contributed by atoms with Crippen molar-refractivity contribution >= 4 is 11.6 Å². The Morgan fingerprint density at radius 2 is 2.05 bits per heavy atom. The van der Waals surface area contributed by atoms with Gasteiger partial charge in [-0.3, -0.25) is 4.68 Å². The molecule has 0 aliphatic rings. The van der Waals surface area contributed by atoms with Gasteiger partial charge in [0.05, 0.1) is 22.0 Å². The van der Waals surface area contributed by atoms with E-state index in [0.717, 1.165) is 35.9 Å². The highest BCUT2D eigenvalue weighted by molar-refractivity contribution is 6.31. The second kappa shape index (κ2) is 6.73. The summed E-state index contributed by atoms with van der Waals surface area (Å²) in [5, 5.41) is 8.73. The first-order chi connectivity index (χ1) is 8.87. The SMILES string of the molecule is CCNC(Cc1c(Cl)c(C)nn1CC)C(C)(C)OC. The van der Waals surface area contributed by atoms with E-state index in [1.54, 1.807) is 7.11 Å². The van der Waals surface area contributed by atoms with E-state index in [0.29, 0.717) is 0 Å². The van der Waals surface area contributed by atoms with E-state index in [1.165, 1.54) is 0 Å². The van der Waals surface area contributed by atoms with E-state index in [2.05, 4.69) is 38.1 Å². The molecule has 1 N–H and O–H groups in total. The molecule has 1 aromatic rings. The Balaban J connectivity index is 3.03. The molecule has 0 bridgehead atoms. The van der Waals surface area contributed by atoms with Crippen LogP contribution in [-0.2, 0) is 17.7 Å². The standard InChI is InChI=1S/C14H26ClN3O/c1-7-16-12(14(4,5)19-6)9-11-13(15)10(3)17-18(11)8-2/h12,16H,7-9H2,1-6H3. The summed E-state index contributed by atoms with van der Waals surface area (Å²) in [6.07, 6.45) is 0.808. The van der Waals surface area contributed by atoms with E-state index in [9.17, 15) is 0 Å². The summed E-state index contributed by atoms with van der Waals surface area (Å²) in [7, 11) is 1.74. The van der Waals surface area contributed by atoms with Gasteiger partial charge in [-0.2, -0.15) is 5.10 Å². The molecule has 0 saturated heterocycles. The van der Waals surface area contributed by atoms with Gasteiger partial charge in [0.2, 0.25) is 0 Å². The largest absolute Gasteiger partial charge is 0.377 e. The highest BCUT2D eigenvalue weighted by Crippen LogP contribution is 2.25. The summed E-state index contributed by atoms with van der Waals surface area (Å²) >= 11 is 6.38. The maximum Gasteiger partial charge on any atom is 0.0847 e. The van der Waals surface area contributed by atoms with Gasteiger partial charge in [-0.05, 0) is 34.2 Å². The van der Waals surface area contributed by atoms with Crippen LogP contribution in [0.4, 0.5) is 0 Å². The quantitative estimate of drug-likeness (QED) is 0.838. The van der Waals surface area contributed by atoms with Crippen molar-refractivity contribution in [2.45, 2.75) is 59.2 Å². The molecule has 0 amide bonds. The summed E-state index contributed by atoms with van der Waals surface area (Å²) in [6.45, 7) is 12.0. The van der Waals surface area contributed by atoms with Gasteiger partial charge in [0.15, 0.2) is 0 Å². The van der Waals surface area contributed by atoms with Gasteiger partial charge in [-0.15, -0.1) is 0 Å². The smallest absolute Gasteiger partial charge is 0.0847 e. The van der Waals surface area contributed by atoms with Crippen LogP contribution in [0, 0.1) is 6.92 Å². The molecule has 1 aromatic heterocycles. The molecule has 0 radical (unpaired) electrons. The molecule has 1 unspecified atom stereocenters. The van der Waals surface area contributed by atoms with E-state index in [-0.39, 0.29) is 11.6 Å². The van der Waals surface area contributed by atoms with E-state index in [4.69, 9.17) is 16.3 Å². The topological polar surface area (TPSA) is 39.1 Å². The molecule has 19 heavy (non-hydrogen) atoms. The molecule has 0 aromatic carbocycles. The number of halogens is 1. The Morgan fingerprint density at radius 3 is 2.53 bits per heavy atom. The van der Waals surface area contributed by atoms with E-state index in [1.807, 2.05) is 11.6 Å². The summed E-state index contributed by atoms with van der Waals surface area (Å²) in [6, 6.07) is 0.196. The molecule has 0 saturated carbocycles. The van der Waals surface area contributed by atoms with Crippen LogP contribution >= 0.6 is 11.6 Å². The van der Waals surface area contributed by atoms with E-state index < -0.39 is 0 Å². The molecule has 0 fully saturated rings. The molecular formula is C14H26ClN3O. The number of nitrogens with one attached hydrogen (secondary N) is 1. The zero-order valence-corrected chi connectivity index (χ0v) is 13.6. The molecule has 4 nitrogen and oxygen atoms in total. The Hall–Kier alpha value is -0.580. The third-order valence-electron chi connectivity index (χ3n) is 3.67. The van der Waals surface area contributed by atoms with Crippen molar-refractivity contribution in [1.82, 2.24) is 15.1 Å². The molecule has 110 valence electrons. The Labute approximate surface area is 121 Å². The summed E-state index contributed by atoms with van der Waals surface area (Å²) < 4.78 is 7.59. The van der Waals surface area contributed by atoms with Crippen LogP contribution in [0.5, 0.6) is 0 Å². The van der Waals surface area contributed by atoms with Gasteiger partial charge in [0, 0.05) is 26.1 Å². The second-order valence-corrected chi connectivity index (χ2v) is 5.66. The van der Waals surface area contributed by atoms with Crippen molar-refractivity contribution in [3.05, 3.63) is 16.4 Å². The van der Waals surface area contributed by atoms with Crippen molar-refractivity contribution in [2.75, 3.05) is 13.7 Å². The minimum absolute atomic E-state index is 0.196. The number of methoxy groups -OCH3 is 1. The van der Waals surface area contributed by atoms with Crippen LogP contribution in [0.2, 0.25) is 5.02 Å². The van der Waals surface area contributed by atoms with Crippen LogP contribution in [0.1, 0.15) is 39.1 Å². The van der Waals surface area contributed by atoms with Crippen LogP contribution in [0.3, 0.4) is 0 Å². The first-order valence-corrected chi connectivity index (χ1v) is 7.25. The van der Waals surface area contributed by atoms with Gasteiger partial charge < -0.3 is 10.1 Å². The fourth-order valence-electron chi connectivity index (χ4n) is 2.21. The maximum atomic E-state index is 6.38. The molecule has 5 heteroatoms. The Bertz CT molecular complexity index is 415. The molecule has 0 aliphatic heterocycles. The van der Waals surface area contributed by atoms with Gasteiger partial charge >= 0.3 is 0 Å². The second-order valence-electron chi connectivity index (χ2n) is 5.28. The zero-order valence-electron chi connectivity index (χ0n) is 12.9. The predicted octanol–water partition coefficient (Wildman–Crippen LogP) is 2.81. The molecule has 1 atom stereocenters. The minimum Gasteiger partial charge on any atom is -0.377 e. The van der Waals surface area contributed by atoms with Crippen molar-refractivity contribution in [1.29, 1.82) is 0 Å². The van der Waals surface area contributed by atoms with Gasteiger partial charge in [0.25, 0.3) is 0 Å². The summed E-state index contributed by atoms with van der Waals surface area (Å²) in [5.41, 5.74) is 1.72. The molecule has 1 rings (SSSR count). The molecular weight excluding hydrogens is 262 g/mol. The summed E-state index contributed by atoms with van der Waals surface area (Å²) in [5.74, 6) is 0. The van der Waals surface area contributed by atoms with Gasteiger partial charge in [-0.25, -0.2) is 0 Å². The first-order valence-electron chi connectivity index (χ1n) is 6.87. The number of aryl methyl sites for hydroxylation is 2. The van der Waals surface area contributed by atoms with Gasteiger partial charge in [-0.1, -0.05) is 18.5 Å². The number of ether oxygens (including phenoxy) is 1. The highest BCUT2D eigenvalue weighted by atomic mass is 35.5. The molecule has 0 aliphatic carbocycles. The van der Waals surface area contributed by atoms with Crippen molar-refractivity contribution in [3.8, 4) is 0 Å². The number of nitrogens with zero attached hydrogens (tertiary/aromatic N) is 2. The van der Waals surface area contributed by atoms with Crippen LogP contribution in [0.15, 0.2) is 0 Å². The number of likely N-dealkylation sites (N-methyl/N-ethyl adjacent to an activating group) is 1. The fraction of sp³-hybridized carbons (Fsp3) is 0.786. The minimum atomic E-state index is -0.254. The number of rotatable bonds is 7. The van der Waals surface area contributed by atoms with Crippen LogP contribution < -0.4 is 5.32 Å². The average Bonchev–Trinajstić information content (AvgIpc) is 2.65. The summed E-state index contributed by atoms with van der Waals surface area (Å²) in [4.78, 5) is 0. The van der Waals surface area contributed by atoms with Crippen LogP contribution in [0.25, 0.3) is 0 Å². The lowest BCUT2D eigenvalue weighted by molar-refractivity contribution is -0.0101. The lowest BCUT2D eigenvalue weighted by Gasteiger charge is -2.34. The third kappa shape index (κ3) is 3.71. The monoisotopic (exact) mass is 287 g/mol. The van der Waals surface area contributed by atoms with Crippen molar-refractivity contribution in [3.63, 3.8) is 0 Å². The zero-order chi connectivity index (χ0) is 14.6.